The minimum absolute atomic E-state index is 0.227. The number of hydrogen-bond donors (Lipinski definition) is 3. The average molecular weight is 358 g/mol. The predicted molar refractivity (Wildman–Crippen MR) is 77.7 cm³/mol. The summed E-state index contributed by atoms with van der Waals surface area (Å²) in [5.41, 5.74) is -0.570. The molecule has 2 amide bonds. The van der Waals surface area contributed by atoms with E-state index in [4.69, 9.17) is 4.74 Å². The van der Waals surface area contributed by atoms with Gasteiger partial charge in [-0.05, 0) is 28.1 Å². The molecule has 0 atom stereocenters. The first-order chi connectivity index (χ1) is 10.0. The molecule has 0 aromatic carbocycles. The molecule has 1 aliphatic rings. The molecule has 0 aliphatic carbocycles. The van der Waals surface area contributed by atoms with Crippen LogP contribution in [0, 0.1) is 0 Å². The number of aromatic nitrogens is 1. The minimum Gasteiger partial charge on any atom is -0.480 e. The van der Waals surface area contributed by atoms with E-state index in [9.17, 15) is 14.7 Å². The van der Waals surface area contributed by atoms with E-state index in [1.165, 1.54) is 0 Å². The van der Waals surface area contributed by atoms with Crippen LogP contribution in [-0.2, 0) is 16.1 Å². The van der Waals surface area contributed by atoms with Crippen molar-refractivity contribution in [1.82, 2.24) is 15.6 Å². The van der Waals surface area contributed by atoms with Crippen LogP contribution >= 0.6 is 15.9 Å². The number of nitrogens with one attached hydrogen (secondary N) is 2. The van der Waals surface area contributed by atoms with Crippen LogP contribution in [0.25, 0.3) is 0 Å². The summed E-state index contributed by atoms with van der Waals surface area (Å²) in [6.45, 7) is 0.868. The third-order valence-corrected chi connectivity index (χ3v) is 3.80. The summed E-state index contributed by atoms with van der Waals surface area (Å²) in [6, 6.07) is 3.06. The van der Waals surface area contributed by atoms with E-state index in [0.717, 1.165) is 4.47 Å². The second-order valence-electron chi connectivity index (χ2n) is 4.78. The molecule has 0 unspecified atom stereocenters. The second-order valence-corrected chi connectivity index (χ2v) is 5.69. The van der Waals surface area contributed by atoms with Crippen molar-refractivity contribution in [2.24, 2.45) is 0 Å². The Labute approximate surface area is 130 Å². The molecular weight excluding hydrogens is 342 g/mol. The monoisotopic (exact) mass is 357 g/mol. The van der Waals surface area contributed by atoms with Gasteiger partial charge in [-0.1, -0.05) is 0 Å². The van der Waals surface area contributed by atoms with E-state index in [0.29, 0.717) is 18.9 Å². The first-order valence-electron chi connectivity index (χ1n) is 6.49. The fourth-order valence-electron chi connectivity index (χ4n) is 2.06. The highest BCUT2D eigenvalue weighted by atomic mass is 79.9. The Kier molecular flexibility index (Phi) is 5.13. The van der Waals surface area contributed by atoms with Gasteiger partial charge in [-0.25, -0.2) is 9.59 Å². The average Bonchev–Trinajstić information content (AvgIpc) is 2.47. The van der Waals surface area contributed by atoms with Crippen molar-refractivity contribution in [3.63, 3.8) is 0 Å². The smallest absolute Gasteiger partial charge is 0.329 e. The van der Waals surface area contributed by atoms with Gasteiger partial charge in [-0.3, -0.25) is 4.98 Å². The molecule has 0 radical (unpaired) electrons. The summed E-state index contributed by atoms with van der Waals surface area (Å²) >= 11 is 3.27. The Morgan fingerprint density at radius 3 is 2.67 bits per heavy atom. The van der Waals surface area contributed by atoms with Crippen LogP contribution in [0.3, 0.4) is 0 Å². The number of carboxylic acid groups (broad SMARTS) is 1. The summed E-state index contributed by atoms with van der Waals surface area (Å²) in [7, 11) is 0. The van der Waals surface area contributed by atoms with Crippen LogP contribution in [0.2, 0.25) is 0 Å². The van der Waals surface area contributed by atoms with Gasteiger partial charge in [0.15, 0.2) is 0 Å². The Bertz CT molecular complexity index is 515. The van der Waals surface area contributed by atoms with Gasteiger partial charge in [0.2, 0.25) is 0 Å². The second kappa shape index (κ2) is 6.86. The summed E-state index contributed by atoms with van der Waals surface area (Å²) in [4.78, 5) is 27.4. The Morgan fingerprint density at radius 2 is 2.10 bits per heavy atom. The quantitative estimate of drug-likeness (QED) is 0.753. The molecule has 2 rings (SSSR count). The molecule has 7 nitrogen and oxygen atoms in total. The third-order valence-electron chi connectivity index (χ3n) is 3.33. The normalized spacial score (nSPS) is 17.0. The number of ether oxygens (including phenoxy) is 1. The van der Waals surface area contributed by atoms with E-state index in [1.54, 1.807) is 12.3 Å². The molecular formula is C13H16BrN3O4. The number of amides is 2. The maximum absolute atomic E-state index is 11.9. The lowest BCUT2D eigenvalue weighted by atomic mass is 9.90. The van der Waals surface area contributed by atoms with Crippen molar-refractivity contribution < 1.29 is 19.4 Å². The van der Waals surface area contributed by atoms with Crippen LogP contribution in [0.4, 0.5) is 4.79 Å². The SMILES string of the molecule is O=C(NCc1ccc(Br)cn1)NC1(C(=O)O)CCOCC1. The van der Waals surface area contributed by atoms with E-state index >= 15 is 0 Å². The fraction of sp³-hybridized carbons (Fsp3) is 0.462. The molecule has 0 spiro atoms. The first-order valence-corrected chi connectivity index (χ1v) is 7.29. The number of rotatable bonds is 4. The largest absolute Gasteiger partial charge is 0.480 e. The Balaban J connectivity index is 1.90. The van der Waals surface area contributed by atoms with Crippen molar-refractivity contribution in [2.75, 3.05) is 13.2 Å². The number of carboxylic acids is 1. The van der Waals surface area contributed by atoms with Gasteiger partial charge in [0.25, 0.3) is 0 Å². The molecule has 2 heterocycles. The molecule has 114 valence electrons. The first kappa shape index (κ1) is 15.7. The molecule has 3 N–H and O–H groups in total. The standard InChI is InChI=1S/C13H16BrN3O4/c14-9-1-2-10(15-7-9)8-16-12(20)17-13(11(18)19)3-5-21-6-4-13/h1-2,7H,3-6,8H2,(H,18,19)(H2,16,17,20). The zero-order valence-corrected chi connectivity index (χ0v) is 12.9. The highest BCUT2D eigenvalue weighted by Gasteiger charge is 2.41. The molecule has 1 fully saturated rings. The number of hydrogen-bond acceptors (Lipinski definition) is 4. The van der Waals surface area contributed by atoms with Gasteiger partial charge in [0.1, 0.15) is 5.54 Å². The summed E-state index contributed by atoms with van der Waals surface area (Å²) in [6.07, 6.45) is 2.14. The molecule has 8 heteroatoms. The maximum atomic E-state index is 11.9. The molecule has 1 aromatic rings. The number of carbonyl (C=O) groups is 2. The van der Waals surface area contributed by atoms with Crippen LogP contribution in [0.15, 0.2) is 22.8 Å². The highest BCUT2D eigenvalue weighted by Crippen LogP contribution is 2.20. The lowest BCUT2D eigenvalue weighted by Crippen LogP contribution is -2.59. The minimum atomic E-state index is -1.25. The van der Waals surface area contributed by atoms with E-state index in [1.807, 2.05) is 6.07 Å². The third kappa shape index (κ3) is 4.15. The van der Waals surface area contributed by atoms with Crippen LogP contribution in [0.5, 0.6) is 0 Å². The predicted octanol–water partition coefficient (Wildman–Crippen LogP) is 1.28. The van der Waals surface area contributed by atoms with Crippen molar-refractivity contribution >= 4 is 27.9 Å². The molecule has 0 saturated carbocycles. The topological polar surface area (TPSA) is 101 Å². The number of pyridine rings is 1. The van der Waals surface area contributed by atoms with E-state index in [-0.39, 0.29) is 19.4 Å². The molecule has 21 heavy (non-hydrogen) atoms. The van der Waals surface area contributed by atoms with Crippen LogP contribution < -0.4 is 10.6 Å². The van der Waals surface area contributed by atoms with Gasteiger partial charge < -0.3 is 20.5 Å². The van der Waals surface area contributed by atoms with Crippen molar-refractivity contribution in [2.45, 2.75) is 24.9 Å². The zero-order chi connectivity index (χ0) is 15.3. The lowest BCUT2D eigenvalue weighted by molar-refractivity contribution is -0.148. The zero-order valence-electron chi connectivity index (χ0n) is 11.3. The number of urea groups is 1. The van der Waals surface area contributed by atoms with Crippen molar-refractivity contribution in [3.8, 4) is 0 Å². The number of nitrogens with zero attached hydrogens (tertiary/aromatic N) is 1. The number of aliphatic carboxylic acids is 1. The van der Waals surface area contributed by atoms with E-state index < -0.39 is 17.5 Å². The summed E-state index contributed by atoms with van der Waals surface area (Å²) in [5.74, 6) is -1.04. The number of halogens is 1. The van der Waals surface area contributed by atoms with Crippen LogP contribution in [0.1, 0.15) is 18.5 Å². The number of carbonyl (C=O) groups excluding carboxylic acids is 1. The fourth-order valence-corrected chi connectivity index (χ4v) is 2.29. The van der Waals surface area contributed by atoms with Crippen molar-refractivity contribution in [1.29, 1.82) is 0 Å². The molecule has 1 aliphatic heterocycles. The summed E-state index contributed by atoms with van der Waals surface area (Å²) < 4.78 is 6.00. The van der Waals surface area contributed by atoms with E-state index in [2.05, 4.69) is 31.5 Å². The highest BCUT2D eigenvalue weighted by molar-refractivity contribution is 9.10. The maximum Gasteiger partial charge on any atom is 0.329 e. The van der Waals surface area contributed by atoms with Gasteiger partial charge in [0, 0.05) is 36.7 Å². The molecule has 1 saturated heterocycles. The van der Waals surface area contributed by atoms with Gasteiger partial charge in [-0.2, -0.15) is 0 Å². The van der Waals surface area contributed by atoms with Crippen molar-refractivity contribution in [3.05, 3.63) is 28.5 Å². The van der Waals surface area contributed by atoms with Gasteiger partial charge in [0.05, 0.1) is 12.2 Å². The lowest BCUT2D eigenvalue weighted by Gasteiger charge is -2.33. The Morgan fingerprint density at radius 1 is 1.38 bits per heavy atom. The Hall–Kier alpha value is -1.67. The van der Waals surface area contributed by atoms with Gasteiger partial charge >= 0.3 is 12.0 Å². The summed E-state index contributed by atoms with van der Waals surface area (Å²) in [5, 5.41) is 14.5. The van der Waals surface area contributed by atoms with Crippen LogP contribution in [-0.4, -0.2) is 40.8 Å². The molecule has 0 bridgehead atoms. The van der Waals surface area contributed by atoms with Gasteiger partial charge in [-0.15, -0.1) is 0 Å². The molecule has 1 aromatic heterocycles.